The summed E-state index contributed by atoms with van der Waals surface area (Å²) in [4.78, 5) is 0. The van der Waals surface area contributed by atoms with Crippen molar-refractivity contribution in [2.75, 3.05) is 0 Å². The van der Waals surface area contributed by atoms with Gasteiger partial charge in [0.05, 0.1) is 7.92 Å². The van der Waals surface area contributed by atoms with Crippen LogP contribution in [-0.2, 0) is 0 Å². The predicted molar refractivity (Wildman–Crippen MR) is 74.9 cm³/mol. The summed E-state index contributed by atoms with van der Waals surface area (Å²) in [6, 6.07) is 8.15. The summed E-state index contributed by atoms with van der Waals surface area (Å²) < 4.78 is 11.6. The van der Waals surface area contributed by atoms with Crippen LogP contribution in [-0.4, -0.2) is 0 Å². The minimum Gasteiger partial charge on any atom is -0.461 e. The van der Waals surface area contributed by atoms with Gasteiger partial charge < -0.3 is 8.83 Å². The Bertz CT molecular complexity index is 576. The Morgan fingerprint density at radius 2 is 1.56 bits per heavy atom. The van der Waals surface area contributed by atoms with E-state index in [0.717, 1.165) is 28.9 Å². The molecule has 3 heteroatoms. The quantitative estimate of drug-likeness (QED) is 0.783. The van der Waals surface area contributed by atoms with E-state index < -0.39 is 7.92 Å². The molecule has 0 spiro atoms. The zero-order valence-corrected chi connectivity index (χ0v) is 11.4. The molecule has 0 saturated heterocycles. The monoisotopic (exact) mass is 258 g/mol. The Morgan fingerprint density at radius 3 is 1.94 bits per heavy atom. The highest BCUT2D eigenvalue weighted by Gasteiger charge is 2.24. The lowest BCUT2D eigenvalue weighted by Gasteiger charge is -2.12. The molecule has 2 aromatic rings. The molecule has 0 unspecified atom stereocenters. The Morgan fingerprint density at radius 1 is 0.944 bits per heavy atom. The smallest absolute Gasteiger partial charge is 0.138 e. The first-order valence-corrected chi connectivity index (χ1v) is 7.38. The molecule has 0 aromatic carbocycles. The molecule has 0 bridgehead atoms. The third kappa shape index (κ3) is 2.09. The van der Waals surface area contributed by atoms with Gasteiger partial charge in [0.1, 0.15) is 22.5 Å². The van der Waals surface area contributed by atoms with Crippen molar-refractivity contribution in [1.29, 1.82) is 0 Å². The summed E-state index contributed by atoms with van der Waals surface area (Å²) >= 11 is 0. The number of aryl methyl sites for hydroxylation is 2. The maximum atomic E-state index is 5.82. The molecule has 3 rings (SSSR count). The molecule has 0 radical (unpaired) electrons. The Hall–Kier alpha value is -1.53. The number of hydrogen-bond donors (Lipinski definition) is 0. The molecule has 0 amide bonds. The molecule has 0 fully saturated rings. The van der Waals surface area contributed by atoms with Gasteiger partial charge >= 0.3 is 0 Å². The Labute approximate surface area is 108 Å². The van der Waals surface area contributed by atoms with Crippen molar-refractivity contribution in [3.63, 3.8) is 0 Å². The fourth-order valence-corrected chi connectivity index (χ4v) is 4.24. The molecule has 0 aliphatic heterocycles. The van der Waals surface area contributed by atoms with Crippen LogP contribution in [0.1, 0.15) is 17.9 Å². The van der Waals surface area contributed by atoms with Crippen molar-refractivity contribution in [2.45, 2.75) is 20.3 Å². The molecule has 0 atom stereocenters. The average molecular weight is 258 g/mol. The molecule has 2 heterocycles. The van der Waals surface area contributed by atoms with E-state index in [1.807, 2.05) is 26.0 Å². The highest BCUT2D eigenvalue weighted by Crippen LogP contribution is 2.46. The number of rotatable bonds is 3. The van der Waals surface area contributed by atoms with Gasteiger partial charge in [-0.15, -0.1) is 0 Å². The van der Waals surface area contributed by atoms with Crippen LogP contribution in [0.3, 0.4) is 0 Å². The summed E-state index contributed by atoms with van der Waals surface area (Å²) in [5.41, 5.74) is 2.02. The van der Waals surface area contributed by atoms with Crippen LogP contribution in [0, 0.1) is 13.8 Å². The summed E-state index contributed by atoms with van der Waals surface area (Å²) in [7, 11) is -0.669. The van der Waals surface area contributed by atoms with Gasteiger partial charge in [-0.05, 0) is 49.8 Å². The van der Waals surface area contributed by atoms with Gasteiger partial charge in [-0.25, -0.2) is 0 Å². The van der Waals surface area contributed by atoms with Gasteiger partial charge in [0.2, 0.25) is 0 Å². The maximum absolute atomic E-state index is 5.82. The van der Waals surface area contributed by atoms with Gasteiger partial charge in [-0.3, -0.25) is 0 Å². The lowest BCUT2D eigenvalue weighted by atomic mass is 10.5. The fraction of sp³-hybridized carbons (Fsp3) is 0.200. The Balaban J connectivity index is 2.06. The molecule has 2 nitrogen and oxygen atoms in total. The number of allylic oxidation sites excluding steroid dienone is 4. The van der Waals surface area contributed by atoms with Crippen molar-refractivity contribution in [3.05, 3.63) is 59.3 Å². The van der Waals surface area contributed by atoms with Gasteiger partial charge in [-0.2, -0.15) is 0 Å². The summed E-state index contributed by atoms with van der Waals surface area (Å²) in [5, 5.41) is 1.31. The van der Waals surface area contributed by atoms with Crippen LogP contribution in [0.2, 0.25) is 0 Å². The third-order valence-electron chi connectivity index (χ3n) is 2.90. The van der Waals surface area contributed by atoms with Crippen LogP contribution in [0.15, 0.2) is 56.6 Å². The molecule has 1 aliphatic carbocycles. The molecule has 92 valence electrons. The highest BCUT2D eigenvalue weighted by atomic mass is 31.1. The molecule has 0 saturated carbocycles. The normalized spacial score (nSPS) is 14.5. The van der Waals surface area contributed by atoms with E-state index in [1.165, 1.54) is 5.31 Å². The molecular formula is C15H15O2P. The highest BCUT2D eigenvalue weighted by molar-refractivity contribution is 7.76. The molecule has 0 N–H and O–H groups in total. The lowest BCUT2D eigenvalue weighted by molar-refractivity contribution is 0.558. The molecular weight excluding hydrogens is 243 g/mol. The standard InChI is InChI=1S/C15H15O2P/c1-11-7-9-14(16-11)18(13-5-3-4-6-13)15-10-8-12(2)17-15/h3,5-10H,4H2,1-2H3. The van der Waals surface area contributed by atoms with Crippen LogP contribution in [0.5, 0.6) is 0 Å². The maximum Gasteiger partial charge on any atom is 0.138 e. The summed E-state index contributed by atoms with van der Waals surface area (Å²) in [6.07, 6.45) is 7.62. The summed E-state index contributed by atoms with van der Waals surface area (Å²) in [6.45, 7) is 3.95. The van der Waals surface area contributed by atoms with Gasteiger partial charge in [0.15, 0.2) is 0 Å². The van der Waals surface area contributed by atoms with Crippen molar-refractivity contribution < 1.29 is 8.83 Å². The van der Waals surface area contributed by atoms with E-state index in [0.29, 0.717) is 0 Å². The van der Waals surface area contributed by atoms with Crippen molar-refractivity contribution in [3.8, 4) is 0 Å². The van der Waals surface area contributed by atoms with E-state index in [9.17, 15) is 0 Å². The topological polar surface area (TPSA) is 26.3 Å². The van der Waals surface area contributed by atoms with Crippen LogP contribution < -0.4 is 11.0 Å². The second-order valence-corrected chi connectivity index (χ2v) is 6.44. The number of hydrogen-bond acceptors (Lipinski definition) is 2. The minimum atomic E-state index is -0.669. The van der Waals surface area contributed by atoms with E-state index in [2.05, 4.69) is 30.4 Å². The zero-order chi connectivity index (χ0) is 12.5. The third-order valence-corrected chi connectivity index (χ3v) is 5.11. The summed E-state index contributed by atoms with van der Waals surface area (Å²) in [5.74, 6) is 1.90. The van der Waals surface area contributed by atoms with Crippen molar-refractivity contribution >= 4 is 18.9 Å². The second-order valence-electron chi connectivity index (χ2n) is 4.37. The van der Waals surface area contributed by atoms with Crippen LogP contribution >= 0.6 is 7.92 Å². The van der Waals surface area contributed by atoms with E-state index >= 15 is 0 Å². The van der Waals surface area contributed by atoms with Gasteiger partial charge in [0.25, 0.3) is 0 Å². The first-order chi connectivity index (χ1) is 8.74. The van der Waals surface area contributed by atoms with Crippen molar-refractivity contribution in [1.82, 2.24) is 0 Å². The molecule has 18 heavy (non-hydrogen) atoms. The van der Waals surface area contributed by atoms with Crippen molar-refractivity contribution in [2.24, 2.45) is 0 Å². The fourth-order valence-electron chi connectivity index (χ4n) is 2.06. The first kappa shape index (κ1) is 11.6. The number of furan rings is 2. The minimum absolute atomic E-state index is 0.669. The Kier molecular flexibility index (Phi) is 2.97. The second kappa shape index (κ2) is 4.62. The van der Waals surface area contributed by atoms with Gasteiger partial charge in [0, 0.05) is 0 Å². The molecule has 1 aliphatic rings. The van der Waals surface area contributed by atoms with Gasteiger partial charge in [-0.1, -0.05) is 18.2 Å². The van der Waals surface area contributed by atoms with E-state index in [1.54, 1.807) is 0 Å². The van der Waals surface area contributed by atoms with E-state index in [-0.39, 0.29) is 0 Å². The first-order valence-electron chi connectivity index (χ1n) is 6.04. The van der Waals surface area contributed by atoms with Crippen LogP contribution in [0.25, 0.3) is 0 Å². The van der Waals surface area contributed by atoms with Crippen LogP contribution in [0.4, 0.5) is 0 Å². The predicted octanol–water partition coefficient (Wildman–Crippen LogP) is 3.77. The lowest BCUT2D eigenvalue weighted by Crippen LogP contribution is -2.09. The SMILES string of the molecule is Cc1ccc(P(C2=CCC=C2)c2ccc(C)o2)o1. The zero-order valence-electron chi connectivity index (χ0n) is 10.5. The largest absolute Gasteiger partial charge is 0.461 e. The van der Waals surface area contributed by atoms with E-state index in [4.69, 9.17) is 8.83 Å². The molecule has 2 aromatic heterocycles. The average Bonchev–Trinajstić information content (AvgIpc) is 3.04.